The van der Waals surface area contributed by atoms with Gasteiger partial charge in [-0.05, 0) is 0 Å². The van der Waals surface area contributed by atoms with Crippen LogP contribution in [-0.4, -0.2) is 60.4 Å². The minimum Gasteiger partial charge on any atom is -0.465 e. The van der Waals surface area contributed by atoms with Gasteiger partial charge in [0.1, 0.15) is 31.5 Å². The molecule has 1 rings (SSSR count). The molecule has 25 heavy (non-hydrogen) atoms. The molecule has 0 aromatic carbocycles. The van der Waals surface area contributed by atoms with E-state index < -0.39 is 53.1 Å². The molecule has 1 fully saturated rings. The lowest BCUT2D eigenvalue weighted by atomic mass is 9.90. The van der Waals surface area contributed by atoms with Crippen LogP contribution in [0.4, 0.5) is 0 Å². The molecule has 5 unspecified atom stereocenters. The molecule has 142 valence electrons. The number of carbonyl (C=O) groups is 4. The van der Waals surface area contributed by atoms with E-state index in [1.807, 2.05) is 0 Å². The average Bonchev–Trinajstić information content (AvgIpc) is 2.46. The fraction of sp³-hybridized carbons (Fsp3) is 0.733. The Morgan fingerprint density at radius 2 is 1.28 bits per heavy atom. The Bertz CT molecular complexity index is 521. The minimum absolute atomic E-state index is 0.173. The molecule has 0 aromatic rings. The van der Waals surface area contributed by atoms with Crippen LogP contribution in [0.1, 0.15) is 27.7 Å². The fourth-order valence-corrected chi connectivity index (χ4v) is 3.18. The van der Waals surface area contributed by atoms with Gasteiger partial charge in [-0.1, -0.05) is 15.9 Å². The summed E-state index contributed by atoms with van der Waals surface area (Å²) in [6.45, 7) is 4.52. The second-order valence-corrected chi connectivity index (χ2v) is 6.35. The lowest BCUT2D eigenvalue weighted by molar-refractivity contribution is -0.219. The van der Waals surface area contributed by atoms with Gasteiger partial charge in [0.2, 0.25) is 0 Å². The number of hydrogen-bond acceptors (Lipinski definition) is 9. The summed E-state index contributed by atoms with van der Waals surface area (Å²) < 4.78 is 26.1. The number of esters is 4. The van der Waals surface area contributed by atoms with E-state index in [0.29, 0.717) is 0 Å². The summed E-state index contributed by atoms with van der Waals surface area (Å²) in [7, 11) is 0. The molecule has 0 aliphatic carbocycles. The Morgan fingerprint density at radius 3 is 1.76 bits per heavy atom. The van der Waals surface area contributed by atoms with E-state index in [2.05, 4.69) is 15.9 Å². The zero-order chi connectivity index (χ0) is 19.1. The molecule has 0 amide bonds. The van der Waals surface area contributed by atoms with Crippen LogP contribution in [0.25, 0.3) is 0 Å². The van der Waals surface area contributed by atoms with Crippen LogP contribution in [0.15, 0.2) is 0 Å². The summed E-state index contributed by atoms with van der Waals surface area (Å²) >= 11 is 3.25. The zero-order valence-electron chi connectivity index (χ0n) is 14.4. The number of rotatable bonds is 6. The van der Waals surface area contributed by atoms with Crippen molar-refractivity contribution in [2.45, 2.75) is 51.0 Å². The maximum absolute atomic E-state index is 11.5. The van der Waals surface area contributed by atoms with Crippen molar-refractivity contribution in [1.29, 1.82) is 0 Å². The van der Waals surface area contributed by atoms with Gasteiger partial charge in [-0.15, -0.1) is 0 Å². The van der Waals surface area contributed by atoms with Crippen molar-refractivity contribution in [3.8, 4) is 0 Å². The van der Waals surface area contributed by atoms with Crippen molar-refractivity contribution >= 4 is 39.8 Å². The molecule has 1 aliphatic heterocycles. The number of ether oxygens (including phenoxy) is 5. The Kier molecular flexibility index (Phi) is 8.30. The summed E-state index contributed by atoms with van der Waals surface area (Å²) in [5, 5.41) is -0.774. The molecular weight excluding hydrogens is 404 g/mol. The van der Waals surface area contributed by atoms with Gasteiger partial charge in [0.05, 0.1) is 5.92 Å². The lowest BCUT2D eigenvalue weighted by Gasteiger charge is -2.43. The van der Waals surface area contributed by atoms with Crippen LogP contribution in [0.3, 0.4) is 0 Å². The zero-order valence-corrected chi connectivity index (χ0v) is 15.9. The Hall–Kier alpha value is -1.68. The highest BCUT2D eigenvalue weighted by Gasteiger charge is 2.49. The first kappa shape index (κ1) is 21.4. The molecule has 0 saturated carbocycles. The highest BCUT2D eigenvalue weighted by atomic mass is 79.9. The smallest absolute Gasteiger partial charge is 0.303 e. The third kappa shape index (κ3) is 6.99. The molecule has 5 atom stereocenters. The number of carbonyl (C=O) groups excluding carboxylic acids is 4. The quantitative estimate of drug-likeness (QED) is 0.345. The third-order valence-electron chi connectivity index (χ3n) is 3.31. The van der Waals surface area contributed by atoms with E-state index >= 15 is 0 Å². The van der Waals surface area contributed by atoms with Crippen LogP contribution in [-0.2, 0) is 42.9 Å². The van der Waals surface area contributed by atoms with Gasteiger partial charge in [-0.2, -0.15) is 0 Å². The van der Waals surface area contributed by atoms with Crippen LogP contribution in [0.5, 0.6) is 0 Å². The second-order valence-electron chi connectivity index (χ2n) is 5.44. The van der Waals surface area contributed by atoms with Gasteiger partial charge in [-0.25, -0.2) is 0 Å². The normalized spacial score (nSPS) is 28.6. The van der Waals surface area contributed by atoms with E-state index in [-0.39, 0.29) is 13.2 Å². The summed E-state index contributed by atoms with van der Waals surface area (Å²) in [5.74, 6) is -2.97. The summed E-state index contributed by atoms with van der Waals surface area (Å²) in [6.07, 6.45) is -2.66. The molecule has 1 heterocycles. The SMILES string of the molecule is CC(=O)OCC1OC(Br)C(OC(C)=O)C(COC(C)=O)C1OC(C)=O. The lowest BCUT2D eigenvalue weighted by Crippen LogP contribution is -2.58. The maximum atomic E-state index is 11.5. The van der Waals surface area contributed by atoms with Crippen molar-refractivity contribution in [3.05, 3.63) is 0 Å². The summed E-state index contributed by atoms with van der Waals surface area (Å²) in [6, 6.07) is 0. The van der Waals surface area contributed by atoms with Gasteiger partial charge < -0.3 is 23.7 Å². The highest BCUT2D eigenvalue weighted by molar-refractivity contribution is 9.09. The first-order chi connectivity index (χ1) is 11.6. The fourth-order valence-electron chi connectivity index (χ4n) is 2.40. The monoisotopic (exact) mass is 424 g/mol. The number of alkyl halides is 1. The molecule has 0 N–H and O–H groups in total. The second kappa shape index (κ2) is 9.71. The molecular formula is C15H21BrO9. The van der Waals surface area contributed by atoms with Crippen molar-refractivity contribution in [3.63, 3.8) is 0 Å². The van der Waals surface area contributed by atoms with E-state index in [0.717, 1.165) is 0 Å². The van der Waals surface area contributed by atoms with Gasteiger partial charge in [0.15, 0.2) is 5.01 Å². The van der Waals surface area contributed by atoms with Crippen molar-refractivity contribution in [1.82, 2.24) is 0 Å². The van der Waals surface area contributed by atoms with Crippen LogP contribution in [0, 0.1) is 5.92 Å². The molecule has 0 bridgehead atoms. The van der Waals surface area contributed by atoms with Crippen LogP contribution < -0.4 is 0 Å². The molecule has 10 heteroatoms. The van der Waals surface area contributed by atoms with Gasteiger partial charge >= 0.3 is 23.9 Å². The first-order valence-corrected chi connectivity index (χ1v) is 8.44. The standard InChI is InChI=1S/C15H21BrO9/c1-7(17)21-5-11-13(23-9(3)19)12(6-22-8(2)18)25-15(16)14(11)24-10(4)20/h11-15H,5-6H2,1-4H3. The maximum Gasteiger partial charge on any atom is 0.303 e. The van der Waals surface area contributed by atoms with Crippen molar-refractivity contribution in [2.75, 3.05) is 13.2 Å². The summed E-state index contributed by atoms with van der Waals surface area (Å²) in [4.78, 5) is 45.1. The summed E-state index contributed by atoms with van der Waals surface area (Å²) in [5.41, 5.74) is 0. The van der Waals surface area contributed by atoms with Gasteiger partial charge in [0.25, 0.3) is 0 Å². The molecule has 9 nitrogen and oxygen atoms in total. The Balaban J connectivity index is 3.09. The predicted octanol–water partition coefficient (Wildman–Crippen LogP) is 0.712. The van der Waals surface area contributed by atoms with Gasteiger partial charge in [0, 0.05) is 27.7 Å². The van der Waals surface area contributed by atoms with E-state index in [1.165, 1.54) is 27.7 Å². The minimum atomic E-state index is -0.950. The van der Waals surface area contributed by atoms with E-state index in [4.69, 9.17) is 23.7 Å². The van der Waals surface area contributed by atoms with Gasteiger partial charge in [-0.3, -0.25) is 19.2 Å². The average molecular weight is 425 g/mol. The Labute approximate surface area is 153 Å². The number of halogens is 1. The predicted molar refractivity (Wildman–Crippen MR) is 85.5 cm³/mol. The van der Waals surface area contributed by atoms with Crippen molar-refractivity contribution < 1.29 is 42.9 Å². The molecule has 0 spiro atoms. The largest absolute Gasteiger partial charge is 0.465 e. The third-order valence-corrected chi connectivity index (χ3v) is 4.04. The molecule has 0 radical (unpaired) electrons. The van der Waals surface area contributed by atoms with Crippen LogP contribution in [0.2, 0.25) is 0 Å². The Morgan fingerprint density at radius 1 is 0.800 bits per heavy atom. The highest BCUT2D eigenvalue weighted by Crippen LogP contribution is 2.34. The van der Waals surface area contributed by atoms with Crippen LogP contribution >= 0.6 is 15.9 Å². The van der Waals surface area contributed by atoms with E-state index in [9.17, 15) is 19.2 Å². The molecule has 0 aromatic heterocycles. The van der Waals surface area contributed by atoms with E-state index in [1.54, 1.807) is 0 Å². The first-order valence-electron chi connectivity index (χ1n) is 7.52. The molecule has 1 aliphatic rings. The topological polar surface area (TPSA) is 114 Å². The molecule has 1 saturated heterocycles. The number of hydrogen-bond donors (Lipinski definition) is 0. The van der Waals surface area contributed by atoms with Crippen molar-refractivity contribution in [2.24, 2.45) is 5.92 Å².